The first-order chi connectivity index (χ1) is 14.9. The van der Waals surface area contributed by atoms with Gasteiger partial charge in [0.05, 0.1) is 13.2 Å². The number of carbonyl (C=O) groups is 3. The maximum atomic E-state index is 12.6. The van der Waals surface area contributed by atoms with Gasteiger partial charge in [-0.25, -0.2) is 4.79 Å². The van der Waals surface area contributed by atoms with Gasteiger partial charge in [-0.05, 0) is 62.4 Å². The first kappa shape index (κ1) is 22.3. The van der Waals surface area contributed by atoms with Crippen molar-refractivity contribution in [1.29, 1.82) is 0 Å². The van der Waals surface area contributed by atoms with E-state index in [1.165, 1.54) is 26.5 Å². The third-order valence-electron chi connectivity index (χ3n) is 5.28. The van der Waals surface area contributed by atoms with Gasteiger partial charge < -0.3 is 19.5 Å². The van der Waals surface area contributed by atoms with Crippen molar-refractivity contribution in [2.24, 2.45) is 0 Å². The lowest BCUT2D eigenvalue weighted by molar-refractivity contribution is -0.156. The summed E-state index contributed by atoms with van der Waals surface area (Å²) in [5, 5.41) is 2.98. The fourth-order valence-electron chi connectivity index (χ4n) is 3.62. The van der Waals surface area contributed by atoms with Crippen LogP contribution in [-0.4, -0.2) is 37.5 Å². The van der Waals surface area contributed by atoms with Crippen LogP contribution in [0.15, 0.2) is 42.5 Å². The Morgan fingerprint density at radius 1 is 1.13 bits per heavy atom. The maximum absolute atomic E-state index is 12.6. The van der Waals surface area contributed by atoms with Crippen molar-refractivity contribution in [3.8, 4) is 11.5 Å². The summed E-state index contributed by atoms with van der Waals surface area (Å²) in [7, 11) is 1.44. The molecule has 0 spiro atoms. The van der Waals surface area contributed by atoms with Crippen LogP contribution in [0.3, 0.4) is 0 Å². The van der Waals surface area contributed by atoms with Gasteiger partial charge in [0.15, 0.2) is 30.0 Å². The van der Waals surface area contributed by atoms with Gasteiger partial charge in [-0.3, -0.25) is 9.59 Å². The monoisotopic (exact) mass is 425 g/mol. The zero-order valence-electron chi connectivity index (χ0n) is 18.0. The molecule has 0 heterocycles. The van der Waals surface area contributed by atoms with Crippen LogP contribution in [0.4, 0.5) is 0 Å². The Bertz CT molecular complexity index is 970. The molecular weight excluding hydrogens is 398 g/mol. The lowest BCUT2D eigenvalue weighted by Gasteiger charge is -2.27. The molecule has 2 aromatic rings. The number of nitrogens with one attached hydrogen (secondary N) is 1. The molecule has 0 saturated carbocycles. The first-order valence-electron chi connectivity index (χ1n) is 10.3. The highest BCUT2D eigenvalue weighted by Gasteiger charge is 2.25. The topological polar surface area (TPSA) is 90.9 Å². The normalized spacial score (nSPS) is 15.9. The van der Waals surface area contributed by atoms with Gasteiger partial charge in [-0.15, -0.1) is 0 Å². The quantitative estimate of drug-likeness (QED) is 0.515. The Morgan fingerprint density at radius 3 is 2.65 bits per heavy atom. The number of ether oxygens (including phenoxy) is 3. The standard InChI is InChI=1S/C24H27NO6/c1-15(26)18-11-12-21(22(13-18)29-3)30-14-23(27)31-16(2)24(28)25-20-10-6-8-17-7-4-5-9-19(17)20/h4-5,7,9,11-13,16,20H,6,8,10,14H2,1-3H3,(H,25,28)/t16-,20+/m0/s1. The minimum absolute atomic E-state index is 0.0843. The SMILES string of the molecule is COc1cc(C(C)=O)ccc1OCC(=O)O[C@@H](C)C(=O)N[C@@H]1CCCc2ccccc21. The number of aryl methyl sites for hydroxylation is 1. The molecule has 0 aliphatic heterocycles. The number of carbonyl (C=O) groups excluding carboxylic acids is 3. The van der Waals surface area contributed by atoms with Crippen LogP contribution in [-0.2, 0) is 20.7 Å². The smallest absolute Gasteiger partial charge is 0.344 e. The number of Topliss-reactive ketones (excluding diaryl/α,β-unsaturated/α-hetero) is 1. The highest BCUT2D eigenvalue weighted by Crippen LogP contribution is 2.30. The fraction of sp³-hybridized carbons (Fsp3) is 0.375. The summed E-state index contributed by atoms with van der Waals surface area (Å²) in [6.45, 7) is 2.59. The van der Waals surface area contributed by atoms with Crippen LogP contribution in [0, 0.1) is 0 Å². The van der Waals surface area contributed by atoms with Crippen molar-refractivity contribution in [2.45, 2.75) is 45.3 Å². The Balaban J connectivity index is 1.53. The molecule has 0 aromatic heterocycles. The van der Waals surface area contributed by atoms with E-state index < -0.39 is 12.1 Å². The summed E-state index contributed by atoms with van der Waals surface area (Å²) in [5.41, 5.74) is 2.83. The second-order valence-electron chi connectivity index (χ2n) is 7.49. The van der Waals surface area contributed by atoms with E-state index in [1.807, 2.05) is 18.2 Å². The molecule has 1 aliphatic rings. The molecule has 1 N–H and O–H groups in total. The maximum Gasteiger partial charge on any atom is 0.344 e. The van der Waals surface area contributed by atoms with Gasteiger partial charge in [0.1, 0.15) is 0 Å². The molecule has 3 rings (SSSR count). The fourth-order valence-corrected chi connectivity index (χ4v) is 3.62. The summed E-state index contributed by atoms with van der Waals surface area (Å²) in [6, 6.07) is 12.7. The van der Waals surface area contributed by atoms with Crippen LogP contribution >= 0.6 is 0 Å². The van der Waals surface area contributed by atoms with Crippen molar-refractivity contribution < 1.29 is 28.6 Å². The van der Waals surface area contributed by atoms with Gasteiger partial charge in [0.2, 0.25) is 0 Å². The van der Waals surface area contributed by atoms with Crippen LogP contribution in [0.5, 0.6) is 11.5 Å². The number of ketones is 1. The van der Waals surface area contributed by atoms with Crippen molar-refractivity contribution in [3.63, 3.8) is 0 Å². The van der Waals surface area contributed by atoms with Gasteiger partial charge in [-0.2, -0.15) is 0 Å². The average Bonchev–Trinajstić information content (AvgIpc) is 2.77. The van der Waals surface area contributed by atoms with Crippen molar-refractivity contribution in [3.05, 3.63) is 59.2 Å². The number of fused-ring (bicyclic) bond motifs is 1. The van der Waals surface area contributed by atoms with E-state index in [4.69, 9.17) is 14.2 Å². The third-order valence-corrected chi connectivity index (χ3v) is 5.28. The lowest BCUT2D eigenvalue weighted by atomic mass is 9.87. The molecule has 1 aliphatic carbocycles. The number of methoxy groups -OCH3 is 1. The number of benzene rings is 2. The van der Waals surface area contributed by atoms with Crippen LogP contribution in [0.1, 0.15) is 54.2 Å². The largest absolute Gasteiger partial charge is 0.493 e. The van der Waals surface area contributed by atoms with Crippen molar-refractivity contribution in [1.82, 2.24) is 5.32 Å². The van der Waals surface area contributed by atoms with Gasteiger partial charge in [0, 0.05) is 5.56 Å². The molecule has 2 atom stereocenters. The predicted molar refractivity (Wildman–Crippen MR) is 114 cm³/mol. The zero-order valence-corrected chi connectivity index (χ0v) is 18.0. The van der Waals surface area contributed by atoms with Gasteiger partial charge >= 0.3 is 5.97 Å². The lowest BCUT2D eigenvalue weighted by Crippen LogP contribution is -2.39. The second kappa shape index (κ2) is 10.1. The van der Waals surface area contributed by atoms with E-state index in [2.05, 4.69) is 11.4 Å². The number of rotatable bonds is 8. The highest BCUT2D eigenvalue weighted by molar-refractivity contribution is 5.94. The molecule has 0 bridgehead atoms. The van der Waals surface area contributed by atoms with Crippen LogP contribution in [0.25, 0.3) is 0 Å². The van der Waals surface area contributed by atoms with Crippen molar-refractivity contribution in [2.75, 3.05) is 13.7 Å². The molecule has 0 saturated heterocycles. The number of hydrogen-bond acceptors (Lipinski definition) is 6. The zero-order chi connectivity index (χ0) is 22.4. The predicted octanol–water partition coefficient (Wildman–Crippen LogP) is 3.40. The Hall–Kier alpha value is -3.35. The molecule has 0 radical (unpaired) electrons. The molecule has 1 amide bonds. The van der Waals surface area contributed by atoms with E-state index in [0.717, 1.165) is 24.8 Å². The molecular formula is C24H27NO6. The molecule has 0 fully saturated rings. The van der Waals surface area contributed by atoms with E-state index >= 15 is 0 Å². The molecule has 0 unspecified atom stereocenters. The molecule has 31 heavy (non-hydrogen) atoms. The Kier molecular flexibility index (Phi) is 7.28. The molecule has 2 aromatic carbocycles. The average molecular weight is 425 g/mol. The minimum Gasteiger partial charge on any atom is -0.493 e. The molecule has 7 nitrogen and oxygen atoms in total. The highest BCUT2D eigenvalue weighted by atomic mass is 16.6. The molecule has 7 heteroatoms. The summed E-state index contributed by atoms with van der Waals surface area (Å²) >= 11 is 0. The number of esters is 1. The Morgan fingerprint density at radius 2 is 1.90 bits per heavy atom. The second-order valence-corrected chi connectivity index (χ2v) is 7.49. The number of amides is 1. The summed E-state index contributed by atoms with van der Waals surface area (Å²) in [5.74, 6) is -0.491. The van der Waals surface area contributed by atoms with Crippen molar-refractivity contribution >= 4 is 17.7 Å². The van der Waals surface area contributed by atoms with E-state index in [0.29, 0.717) is 17.1 Å². The van der Waals surface area contributed by atoms with Crippen LogP contribution < -0.4 is 14.8 Å². The van der Waals surface area contributed by atoms with Crippen LogP contribution in [0.2, 0.25) is 0 Å². The minimum atomic E-state index is -0.952. The van der Waals surface area contributed by atoms with E-state index in [9.17, 15) is 14.4 Å². The third kappa shape index (κ3) is 5.63. The van der Waals surface area contributed by atoms with Gasteiger partial charge in [0.25, 0.3) is 5.91 Å². The number of hydrogen-bond donors (Lipinski definition) is 1. The van der Waals surface area contributed by atoms with E-state index in [-0.39, 0.29) is 24.3 Å². The summed E-state index contributed by atoms with van der Waals surface area (Å²) in [4.78, 5) is 36.2. The first-order valence-corrected chi connectivity index (χ1v) is 10.3. The summed E-state index contributed by atoms with van der Waals surface area (Å²) < 4.78 is 15.9. The molecule has 164 valence electrons. The van der Waals surface area contributed by atoms with E-state index in [1.54, 1.807) is 18.2 Å². The summed E-state index contributed by atoms with van der Waals surface area (Å²) in [6.07, 6.45) is 1.89. The Labute approximate surface area is 181 Å². The van der Waals surface area contributed by atoms with Gasteiger partial charge in [-0.1, -0.05) is 24.3 Å².